The predicted octanol–water partition coefficient (Wildman–Crippen LogP) is 6.57. The molecule has 4 rings (SSSR count). The average molecular weight is 488 g/mol. The normalized spacial score (nSPS) is 15.5. The van der Waals surface area contributed by atoms with Crippen LogP contribution in [0.1, 0.15) is 63.8 Å². The van der Waals surface area contributed by atoms with Gasteiger partial charge in [0.2, 0.25) is 0 Å². The number of carboxylic acid groups (broad SMARTS) is 1. The van der Waals surface area contributed by atoms with Crippen LogP contribution in [0.5, 0.6) is 0 Å². The van der Waals surface area contributed by atoms with Crippen molar-refractivity contribution in [3.8, 4) is 10.6 Å². The molecule has 0 saturated heterocycles. The Morgan fingerprint density at radius 2 is 1.76 bits per heavy atom. The van der Waals surface area contributed by atoms with E-state index in [0.29, 0.717) is 35.4 Å². The lowest BCUT2D eigenvalue weighted by Gasteiger charge is -2.06. The molecular formula is C26H24F3NO3S. The van der Waals surface area contributed by atoms with E-state index >= 15 is 0 Å². The Morgan fingerprint density at radius 3 is 2.38 bits per heavy atom. The van der Waals surface area contributed by atoms with Crippen molar-refractivity contribution in [2.45, 2.75) is 51.6 Å². The van der Waals surface area contributed by atoms with Gasteiger partial charge >= 0.3 is 12.1 Å². The number of benzene rings is 2. The van der Waals surface area contributed by atoms with Gasteiger partial charge in [-0.3, -0.25) is 9.59 Å². The van der Waals surface area contributed by atoms with Crippen molar-refractivity contribution >= 4 is 23.1 Å². The first-order valence-corrected chi connectivity index (χ1v) is 11.9. The first-order chi connectivity index (χ1) is 16.0. The molecule has 0 bridgehead atoms. The quantitative estimate of drug-likeness (QED) is 0.383. The third kappa shape index (κ3) is 5.06. The smallest absolute Gasteiger partial charge is 0.416 e. The van der Waals surface area contributed by atoms with E-state index in [4.69, 9.17) is 0 Å². The number of hydrogen-bond donors (Lipinski definition) is 1. The molecule has 0 spiro atoms. The Hall–Kier alpha value is -3.00. The van der Waals surface area contributed by atoms with Gasteiger partial charge in [-0.2, -0.15) is 13.2 Å². The van der Waals surface area contributed by atoms with Crippen molar-refractivity contribution in [2.75, 3.05) is 0 Å². The van der Waals surface area contributed by atoms with E-state index in [-0.39, 0.29) is 18.1 Å². The van der Waals surface area contributed by atoms with Crippen molar-refractivity contribution in [1.29, 1.82) is 0 Å². The minimum absolute atomic E-state index is 0.0271. The number of fused-ring (bicyclic) bond motifs is 1. The molecule has 178 valence electrons. The summed E-state index contributed by atoms with van der Waals surface area (Å²) in [5, 5.41) is 9.89. The van der Waals surface area contributed by atoms with Crippen molar-refractivity contribution in [1.82, 2.24) is 4.98 Å². The Bertz CT molecular complexity index is 1230. The second kappa shape index (κ2) is 9.33. The molecule has 3 aromatic rings. The molecule has 1 aliphatic carbocycles. The maximum atomic E-state index is 12.9. The summed E-state index contributed by atoms with van der Waals surface area (Å²) < 4.78 is 38.6. The number of hydrogen-bond acceptors (Lipinski definition) is 4. The molecule has 2 aromatic carbocycles. The number of rotatable bonds is 7. The number of aliphatic carboxylic acids is 1. The Balaban J connectivity index is 1.49. The van der Waals surface area contributed by atoms with Gasteiger partial charge in [0.05, 0.1) is 17.2 Å². The van der Waals surface area contributed by atoms with Gasteiger partial charge in [-0.1, -0.05) is 38.1 Å². The summed E-state index contributed by atoms with van der Waals surface area (Å²) in [4.78, 5) is 29.8. The van der Waals surface area contributed by atoms with Crippen LogP contribution in [0.25, 0.3) is 10.6 Å². The molecule has 4 nitrogen and oxygen atoms in total. The molecule has 0 fully saturated rings. The summed E-state index contributed by atoms with van der Waals surface area (Å²) in [6, 6.07) is 10.4. The number of aromatic nitrogens is 1. The SMILES string of the molecule is CC(C)c1nc(-c2ccc(C(F)(F)F)cc2)sc1CCC(=O)c1ccc2c(c1)CC(C(=O)O)C2. The van der Waals surface area contributed by atoms with E-state index in [9.17, 15) is 27.9 Å². The fourth-order valence-electron chi connectivity index (χ4n) is 4.26. The number of carboxylic acids is 1. The van der Waals surface area contributed by atoms with Crippen LogP contribution in [0.3, 0.4) is 0 Å². The van der Waals surface area contributed by atoms with Gasteiger partial charge in [0.15, 0.2) is 5.78 Å². The van der Waals surface area contributed by atoms with E-state index in [1.54, 1.807) is 6.07 Å². The number of nitrogens with zero attached hydrogens (tertiary/aromatic N) is 1. The number of carbonyl (C=O) groups excluding carboxylic acids is 1. The molecule has 0 aliphatic heterocycles. The van der Waals surface area contributed by atoms with Crippen molar-refractivity contribution in [3.63, 3.8) is 0 Å². The van der Waals surface area contributed by atoms with Gasteiger partial charge in [-0.05, 0) is 54.5 Å². The van der Waals surface area contributed by atoms with Crippen LogP contribution in [0, 0.1) is 5.92 Å². The van der Waals surface area contributed by atoms with Crippen LogP contribution in [-0.4, -0.2) is 21.8 Å². The maximum absolute atomic E-state index is 12.9. The van der Waals surface area contributed by atoms with E-state index in [0.717, 1.165) is 33.8 Å². The zero-order chi connectivity index (χ0) is 24.6. The summed E-state index contributed by atoms with van der Waals surface area (Å²) in [6.07, 6.45) is -2.70. The molecule has 1 aliphatic rings. The van der Waals surface area contributed by atoms with Gasteiger partial charge < -0.3 is 5.11 Å². The summed E-state index contributed by atoms with van der Waals surface area (Å²) in [6.45, 7) is 3.99. The van der Waals surface area contributed by atoms with Gasteiger partial charge in [0.25, 0.3) is 0 Å². The Kier molecular flexibility index (Phi) is 6.62. The molecule has 34 heavy (non-hydrogen) atoms. The number of thiazole rings is 1. The number of alkyl halides is 3. The highest BCUT2D eigenvalue weighted by Crippen LogP contribution is 2.35. The van der Waals surface area contributed by atoms with Crippen molar-refractivity contribution in [2.24, 2.45) is 5.92 Å². The maximum Gasteiger partial charge on any atom is 0.416 e. The lowest BCUT2D eigenvalue weighted by molar-refractivity contribution is -0.141. The van der Waals surface area contributed by atoms with Gasteiger partial charge in [-0.15, -0.1) is 11.3 Å². The largest absolute Gasteiger partial charge is 0.481 e. The molecule has 1 N–H and O–H groups in total. The summed E-state index contributed by atoms with van der Waals surface area (Å²) in [5.74, 6) is -1.17. The number of aryl methyl sites for hydroxylation is 1. The fraction of sp³-hybridized carbons (Fsp3) is 0.346. The molecule has 1 unspecified atom stereocenters. The highest BCUT2D eigenvalue weighted by molar-refractivity contribution is 7.15. The van der Waals surface area contributed by atoms with Gasteiger partial charge in [0.1, 0.15) is 5.01 Å². The lowest BCUT2D eigenvalue weighted by Crippen LogP contribution is -2.12. The zero-order valence-electron chi connectivity index (χ0n) is 18.8. The molecule has 8 heteroatoms. The van der Waals surface area contributed by atoms with Gasteiger partial charge in [-0.25, -0.2) is 4.98 Å². The van der Waals surface area contributed by atoms with E-state index in [1.807, 2.05) is 26.0 Å². The van der Waals surface area contributed by atoms with Crippen LogP contribution < -0.4 is 0 Å². The van der Waals surface area contributed by atoms with E-state index in [2.05, 4.69) is 4.98 Å². The minimum atomic E-state index is -4.39. The Morgan fingerprint density at radius 1 is 1.09 bits per heavy atom. The number of halogens is 3. The number of ketones is 1. The molecule has 1 aromatic heterocycles. The van der Waals surface area contributed by atoms with E-state index in [1.165, 1.54) is 23.5 Å². The first kappa shape index (κ1) is 24.1. The van der Waals surface area contributed by atoms with Crippen LogP contribution in [0.4, 0.5) is 13.2 Å². The number of carbonyl (C=O) groups is 2. The summed E-state index contributed by atoms with van der Waals surface area (Å²) in [7, 11) is 0. The molecule has 0 saturated carbocycles. The van der Waals surface area contributed by atoms with Crippen LogP contribution >= 0.6 is 11.3 Å². The minimum Gasteiger partial charge on any atom is -0.481 e. The second-order valence-corrected chi connectivity index (χ2v) is 9.99. The fourth-order valence-corrected chi connectivity index (χ4v) is 5.48. The molecule has 1 heterocycles. The zero-order valence-corrected chi connectivity index (χ0v) is 19.6. The molecular weight excluding hydrogens is 463 g/mol. The lowest BCUT2D eigenvalue weighted by atomic mass is 10.00. The average Bonchev–Trinajstić information content (AvgIpc) is 3.41. The van der Waals surface area contributed by atoms with Gasteiger partial charge in [0, 0.05) is 22.4 Å². The Labute approximate surface area is 199 Å². The predicted molar refractivity (Wildman–Crippen MR) is 124 cm³/mol. The van der Waals surface area contributed by atoms with Crippen molar-refractivity contribution < 1.29 is 27.9 Å². The van der Waals surface area contributed by atoms with E-state index < -0.39 is 23.6 Å². The van der Waals surface area contributed by atoms with Crippen LogP contribution in [0.15, 0.2) is 42.5 Å². The second-order valence-electron chi connectivity index (χ2n) is 8.91. The van der Waals surface area contributed by atoms with Crippen LogP contribution in [0.2, 0.25) is 0 Å². The topological polar surface area (TPSA) is 67.3 Å². The monoisotopic (exact) mass is 487 g/mol. The van der Waals surface area contributed by atoms with Crippen molar-refractivity contribution in [3.05, 3.63) is 75.3 Å². The molecule has 0 radical (unpaired) electrons. The third-order valence-electron chi connectivity index (χ3n) is 6.12. The van der Waals surface area contributed by atoms with Crippen LogP contribution in [-0.2, 0) is 30.2 Å². The highest BCUT2D eigenvalue weighted by Gasteiger charge is 2.30. The highest BCUT2D eigenvalue weighted by atomic mass is 32.1. The summed E-state index contributed by atoms with van der Waals surface area (Å²) >= 11 is 1.41. The summed E-state index contributed by atoms with van der Waals surface area (Å²) in [5.41, 5.74) is 3.24. The standard InChI is InChI=1S/C26H24F3NO3S/c1-14(2)23-22(34-24(30-23)15-5-7-20(8-6-15)26(27,28)29)10-9-21(31)17-4-3-16-11-19(25(32)33)13-18(16)12-17/h3-8,12,14,19H,9-11,13H2,1-2H3,(H,32,33). The first-order valence-electron chi connectivity index (χ1n) is 11.1. The number of Topliss-reactive ketones (excluding diaryl/α,β-unsaturated/α-hetero) is 1. The molecule has 0 amide bonds. The third-order valence-corrected chi connectivity index (χ3v) is 7.30. The molecule has 1 atom stereocenters.